The predicted molar refractivity (Wildman–Crippen MR) is 102 cm³/mol. The molecule has 1 saturated heterocycles. The molecule has 1 saturated carbocycles. The first kappa shape index (κ1) is 17.9. The molecule has 0 aromatic carbocycles. The van der Waals surface area contributed by atoms with Crippen LogP contribution in [-0.4, -0.2) is 51.0 Å². The zero-order valence-corrected chi connectivity index (χ0v) is 15.7. The van der Waals surface area contributed by atoms with Gasteiger partial charge >= 0.3 is 5.69 Å². The molecule has 2 aliphatic rings. The molecule has 1 aliphatic carbocycles. The number of aromatic nitrogens is 3. The Bertz CT molecular complexity index is 1000. The molecule has 2 aromatic rings. The van der Waals surface area contributed by atoms with Crippen molar-refractivity contribution in [3.63, 3.8) is 0 Å². The maximum atomic E-state index is 13.4. The number of aryl methyl sites for hydroxylation is 1. The largest absolute Gasteiger partial charge is 0.333 e. The number of rotatable bonds is 4. The lowest BCUT2D eigenvalue weighted by Gasteiger charge is -2.34. The van der Waals surface area contributed by atoms with Gasteiger partial charge in [0.05, 0.1) is 10.9 Å². The second kappa shape index (κ2) is 6.92. The topological polar surface area (TPSA) is 100 Å². The fourth-order valence-corrected chi connectivity index (χ4v) is 3.78. The van der Waals surface area contributed by atoms with Crippen LogP contribution < -0.4 is 16.6 Å². The van der Waals surface area contributed by atoms with E-state index in [1.165, 1.54) is 4.57 Å². The van der Waals surface area contributed by atoms with Crippen molar-refractivity contribution in [3.05, 3.63) is 38.2 Å². The van der Waals surface area contributed by atoms with Gasteiger partial charge in [-0.1, -0.05) is 6.92 Å². The third kappa shape index (κ3) is 3.18. The number of carbonyl (C=O) groups excluding carboxylic acids is 1. The van der Waals surface area contributed by atoms with Crippen molar-refractivity contribution in [1.29, 1.82) is 0 Å². The third-order valence-corrected chi connectivity index (χ3v) is 5.40. The molecule has 1 amide bonds. The average Bonchev–Trinajstić information content (AvgIpc) is 3.49. The van der Waals surface area contributed by atoms with Gasteiger partial charge in [-0.15, -0.1) is 0 Å². The summed E-state index contributed by atoms with van der Waals surface area (Å²) in [6, 6.07) is 1.81. The minimum absolute atomic E-state index is 0.0412. The molecule has 144 valence electrons. The number of hydrogen-bond donors (Lipinski definition) is 2. The molecule has 2 aromatic heterocycles. The lowest BCUT2D eigenvalue weighted by Crippen LogP contribution is -2.52. The maximum absolute atomic E-state index is 13.4. The van der Waals surface area contributed by atoms with E-state index in [2.05, 4.69) is 15.3 Å². The van der Waals surface area contributed by atoms with E-state index in [1.54, 1.807) is 11.0 Å². The Labute approximate surface area is 156 Å². The summed E-state index contributed by atoms with van der Waals surface area (Å²) in [6.07, 6.45) is 2.78. The molecule has 1 unspecified atom stereocenters. The number of hydrogen-bond acceptors (Lipinski definition) is 5. The van der Waals surface area contributed by atoms with Gasteiger partial charge in [-0.25, -0.2) is 9.78 Å². The Balaban J connectivity index is 1.95. The van der Waals surface area contributed by atoms with Crippen LogP contribution in [0.25, 0.3) is 11.0 Å². The molecule has 4 rings (SSSR count). The van der Waals surface area contributed by atoms with Gasteiger partial charge in [-0.2, -0.15) is 0 Å². The van der Waals surface area contributed by atoms with Crippen molar-refractivity contribution in [2.24, 2.45) is 0 Å². The van der Waals surface area contributed by atoms with E-state index >= 15 is 0 Å². The third-order valence-electron chi connectivity index (χ3n) is 5.40. The number of aromatic amines is 1. The van der Waals surface area contributed by atoms with Crippen molar-refractivity contribution in [3.8, 4) is 0 Å². The Morgan fingerprint density at radius 2 is 2.11 bits per heavy atom. The van der Waals surface area contributed by atoms with Crippen LogP contribution in [0.2, 0.25) is 0 Å². The molecule has 0 radical (unpaired) electrons. The molecule has 1 atom stereocenters. The molecule has 1 aliphatic heterocycles. The minimum Gasteiger partial charge on any atom is -0.333 e. The summed E-state index contributed by atoms with van der Waals surface area (Å²) in [6.45, 7) is 6.45. The van der Waals surface area contributed by atoms with Crippen molar-refractivity contribution in [2.75, 3.05) is 19.6 Å². The number of H-pyrrole nitrogens is 1. The van der Waals surface area contributed by atoms with Gasteiger partial charge in [0.2, 0.25) is 0 Å². The fourth-order valence-electron chi connectivity index (χ4n) is 3.78. The van der Waals surface area contributed by atoms with Gasteiger partial charge in [0.25, 0.3) is 11.5 Å². The van der Waals surface area contributed by atoms with E-state index in [1.807, 2.05) is 13.8 Å². The van der Waals surface area contributed by atoms with Crippen LogP contribution in [0.15, 0.2) is 15.7 Å². The number of fused-ring (bicyclic) bond motifs is 1. The Morgan fingerprint density at radius 3 is 2.78 bits per heavy atom. The predicted octanol–water partition coefficient (Wildman–Crippen LogP) is 0.806. The van der Waals surface area contributed by atoms with Crippen LogP contribution >= 0.6 is 0 Å². The van der Waals surface area contributed by atoms with E-state index in [9.17, 15) is 14.4 Å². The molecule has 2 N–H and O–H groups in total. The van der Waals surface area contributed by atoms with E-state index in [0.29, 0.717) is 30.2 Å². The van der Waals surface area contributed by atoms with Gasteiger partial charge in [0, 0.05) is 43.8 Å². The number of carbonyl (C=O) groups is 1. The van der Waals surface area contributed by atoms with Crippen LogP contribution in [0.1, 0.15) is 55.1 Å². The summed E-state index contributed by atoms with van der Waals surface area (Å²) in [7, 11) is 0. The van der Waals surface area contributed by atoms with Crippen molar-refractivity contribution >= 4 is 16.9 Å². The van der Waals surface area contributed by atoms with Crippen molar-refractivity contribution < 1.29 is 4.79 Å². The number of nitrogens with zero attached hydrogens (tertiary/aromatic N) is 3. The van der Waals surface area contributed by atoms with E-state index in [0.717, 1.165) is 38.0 Å². The summed E-state index contributed by atoms with van der Waals surface area (Å²) in [4.78, 5) is 47.2. The highest BCUT2D eigenvalue weighted by Gasteiger charge is 2.31. The minimum atomic E-state index is -0.539. The molecule has 8 nitrogen and oxygen atoms in total. The normalized spacial score (nSPS) is 20.2. The summed E-state index contributed by atoms with van der Waals surface area (Å²) < 4.78 is 1.49. The number of piperazine rings is 1. The highest BCUT2D eigenvalue weighted by Crippen LogP contribution is 2.40. The maximum Gasteiger partial charge on any atom is 0.329 e. The summed E-state index contributed by atoms with van der Waals surface area (Å²) in [5, 5.41) is 3.50. The highest BCUT2D eigenvalue weighted by molar-refractivity contribution is 6.05. The zero-order valence-electron chi connectivity index (χ0n) is 15.7. The Kier molecular flexibility index (Phi) is 4.59. The van der Waals surface area contributed by atoms with E-state index in [4.69, 9.17) is 0 Å². The molecule has 0 spiro atoms. The average molecular weight is 371 g/mol. The second-order valence-corrected chi connectivity index (χ2v) is 7.53. The first-order chi connectivity index (χ1) is 13.0. The molecule has 0 bridgehead atoms. The lowest BCUT2D eigenvalue weighted by molar-refractivity contribution is 0.0657. The molecule has 2 fully saturated rings. The Hall–Kier alpha value is -2.48. The summed E-state index contributed by atoms with van der Waals surface area (Å²) in [5.41, 5.74) is 0.499. The Morgan fingerprint density at radius 1 is 1.33 bits per heavy atom. The molecule has 8 heteroatoms. The van der Waals surface area contributed by atoms with Gasteiger partial charge in [-0.05, 0) is 32.3 Å². The number of amides is 1. The summed E-state index contributed by atoms with van der Waals surface area (Å²) >= 11 is 0. The highest BCUT2D eigenvalue weighted by atomic mass is 16.2. The summed E-state index contributed by atoms with van der Waals surface area (Å²) in [5.74, 6) is 0.149. The van der Waals surface area contributed by atoms with Crippen LogP contribution in [0.3, 0.4) is 0 Å². The monoisotopic (exact) mass is 371 g/mol. The van der Waals surface area contributed by atoms with E-state index in [-0.39, 0.29) is 17.3 Å². The number of pyridine rings is 1. The van der Waals surface area contributed by atoms with E-state index < -0.39 is 11.2 Å². The zero-order chi connectivity index (χ0) is 19.1. The van der Waals surface area contributed by atoms with Crippen LogP contribution in [0.5, 0.6) is 0 Å². The lowest BCUT2D eigenvalue weighted by atomic mass is 10.1. The van der Waals surface area contributed by atoms with Gasteiger partial charge in [0.15, 0.2) is 5.65 Å². The first-order valence-electron chi connectivity index (χ1n) is 9.70. The van der Waals surface area contributed by atoms with Crippen molar-refractivity contribution in [2.45, 2.75) is 51.6 Å². The smallest absolute Gasteiger partial charge is 0.329 e. The van der Waals surface area contributed by atoms with Gasteiger partial charge in [0.1, 0.15) is 0 Å². The first-order valence-corrected chi connectivity index (χ1v) is 9.70. The molecule has 27 heavy (non-hydrogen) atoms. The van der Waals surface area contributed by atoms with Gasteiger partial charge < -0.3 is 10.2 Å². The van der Waals surface area contributed by atoms with Gasteiger partial charge in [-0.3, -0.25) is 19.1 Å². The second-order valence-electron chi connectivity index (χ2n) is 7.53. The van der Waals surface area contributed by atoms with Crippen LogP contribution in [0.4, 0.5) is 0 Å². The van der Waals surface area contributed by atoms with Crippen LogP contribution in [-0.2, 0) is 6.54 Å². The quantitative estimate of drug-likeness (QED) is 0.828. The SMILES string of the molecule is CCCn1c(=O)[nH]c(=O)c2c(C(=O)N3CCNCC3C)cc(C3CC3)nc21. The molecular weight excluding hydrogens is 346 g/mol. The van der Waals surface area contributed by atoms with Crippen LogP contribution in [0, 0.1) is 0 Å². The molecular formula is C19H25N5O3. The standard InChI is InChI=1S/C19H25N5O3/c1-3-7-24-16-15(17(25)22-19(24)27)13(9-14(21-16)12-4-5-12)18(26)23-8-6-20-10-11(23)2/h9,11-12,20H,3-8,10H2,1-2H3,(H,22,25,27). The molecule has 3 heterocycles. The fraction of sp³-hybridized carbons (Fsp3) is 0.579. The van der Waals surface area contributed by atoms with Crippen molar-refractivity contribution in [1.82, 2.24) is 24.8 Å². The number of nitrogens with one attached hydrogen (secondary N) is 2.